The number of imide groups is 1. The molecule has 0 aromatic carbocycles. The van der Waals surface area contributed by atoms with Crippen LogP contribution in [-0.2, 0) is 52.6 Å². The second-order valence-electron chi connectivity index (χ2n) is 13.6. The summed E-state index contributed by atoms with van der Waals surface area (Å²) >= 11 is 1.04. The predicted octanol–water partition coefficient (Wildman–Crippen LogP) is -4.26. The number of carbonyl (C=O) groups excluding carboxylic acids is 8. The molecular formula is C37H67N9O13S. The van der Waals surface area contributed by atoms with Gasteiger partial charge in [0, 0.05) is 58.1 Å². The molecule has 1 heterocycles. The molecule has 12 N–H and O–H groups in total. The first-order valence-electron chi connectivity index (χ1n) is 20.4. The number of thioether (sulfide) groups is 1. The minimum Gasteiger partial charge on any atom is -0.395 e. The van der Waals surface area contributed by atoms with Crippen LogP contribution in [0.1, 0.15) is 64.7 Å². The highest BCUT2D eigenvalue weighted by Crippen LogP contribution is 2.26. The zero-order valence-electron chi connectivity index (χ0n) is 34.7. The molecule has 23 heteroatoms. The smallest absolute Gasteiger partial charge is 0.243 e. The Labute approximate surface area is 355 Å². The lowest BCUT2D eigenvalue weighted by Crippen LogP contribution is -2.48. The van der Waals surface area contributed by atoms with Crippen LogP contribution in [0.5, 0.6) is 0 Å². The van der Waals surface area contributed by atoms with Gasteiger partial charge in [-0.1, -0.05) is 0 Å². The molecule has 0 spiro atoms. The summed E-state index contributed by atoms with van der Waals surface area (Å²) in [6, 6.07) is -2.62. The Bertz CT molecular complexity index is 1330. The summed E-state index contributed by atoms with van der Waals surface area (Å²) in [7, 11) is 0. The van der Waals surface area contributed by atoms with Gasteiger partial charge in [0.25, 0.3) is 0 Å². The Balaban J connectivity index is 2.48. The number of hydrogen-bond acceptors (Lipinski definition) is 16. The highest BCUT2D eigenvalue weighted by molar-refractivity contribution is 8.00. The molecule has 1 aliphatic rings. The van der Waals surface area contributed by atoms with Crippen LogP contribution in [0.3, 0.4) is 0 Å². The number of aliphatic hydroxyl groups is 2. The van der Waals surface area contributed by atoms with Crippen molar-refractivity contribution in [3.63, 3.8) is 0 Å². The molecular weight excluding hydrogens is 811 g/mol. The standard InChI is InChI=1S/C37H67N9O13S/c1-26(49)43-29(36(55)42-13-19-58-21-17-48)25-60-30-24-33(52)46(37(30)56)15-8-31(50)44-28(7-3-5-11-39)35(54)41-14-20-59-23-22-57-18-9-32(51)45-27(6-2-4-10-38)34(53)40-12-16-47/h27-30,47-48H,2-25,38-39H2,1H3,(H,40,53)(H,41,54)(H,42,55)(H,43,49)(H,44,50)(H,45,51). The third-order valence-electron chi connectivity index (χ3n) is 8.70. The molecule has 1 rings (SSSR count). The molecule has 22 nitrogen and oxygen atoms in total. The number of amides is 8. The van der Waals surface area contributed by atoms with Crippen LogP contribution in [0.2, 0.25) is 0 Å². The molecule has 0 radical (unpaired) electrons. The fourth-order valence-corrected chi connectivity index (χ4v) is 6.81. The van der Waals surface area contributed by atoms with E-state index in [0.29, 0.717) is 51.6 Å². The largest absolute Gasteiger partial charge is 0.395 e. The summed E-state index contributed by atoms with van der Waals surface area (Å²) in [4.78, 5) is 102. The fraction of sp³-hybridized carbons (Fsp3) is 0.784. The molecule has 0 aromatic rings. The van der Waals surface area contributed by atoms with Crippen LogP contribution in [0.15, 0.2) is 0 Å². The number of ether oxygens (including phenoxy) is 3. The van der Waals surface area contributed by atoms with Gasteiger partial charge in [0.05, 0.1) is 58.1 Å². The highest BCUT2D eigenvalue weighted by atomic mass is 32.2. The van der Waals surface area contributed by atoms with Crippen LogP contribution in [0.4, 0.5) is 0 Å². The van der Waals surface area contributed by atoms with Crippen molar-refractivity contribution in [1.82, 2.24) is 36.8 Å². The lowest BCUT2D eigenvalue weighted by molar-refractivity contribution is -0.139. The molecule has 0 bridgehead atoms. The number of likely N-dealkylation sites (tertiary alicyclic amines) is 1. The minimum atomic E-state index is -0.980. The lowest BCUT2D eigenvalue weighted by atomic mass is 10.1. The van der Waals surface area contributed by atoms with Crippen molar-refractivity contribution in [2.45, 2.75) is 88.1 Å². The van der Waals surface area contributed by atoms with Gasteiger partial charge in [-0.25, -0.2) is 0 Å². The molecule has 1 fully saturated rings. The van der Waals surface area contributed by atoms with Gasteiger partial charge in [-0.3, -0.25) is 43.3 Å². The van der Waals surface area contributed by atoms with Crippen LogP contribution < -0.4 is 43.4 Å². The van der Waals surface area contributed by atoms with E-state index in [1.807, 2.05) is 0 Å². The zero-order chi connectivity index (χ0) is 44.5. The summed E-state index contributed by atoms with van der Waals surface area (Å²) < 4.78 is 16.1. The van der Waals surface area contributed by atoms with Gasteiger partial charge in [0.1, 0.15) is 18.1 Å². The highest BCUT2D eigenvalue weighted by Gasteiger charge is 2.39. The molecule has 4 atom stereocenters. The first-order chi connectivity index (χ1) is 28.9. The summed E-state index contributed by atoms with van der Waals surface area (Å²) in [6.07, 6.45) is 2.89. The SMILES string of the molecule is CC(=O)NC(CSC1CC(=O)N(CCC(=O)NC(CCCCN)C(=O)NCCOCCOCCC(=O)NC(CCCCN)C(=O)NCCO)C1=O)C(=O)NCCOCCO. The van der Waals surface area contributed by atoms with Crippen molar-refractivity contribution < 1.29 is 62.8 Å². The first-order valence-corrected chi connectivity index (χ1v) is 21.4. The van der Waals surface area contributed by atoms with E-state index in [1.165, 1.54) is 6.92 Å². The number of aliphatic hydroxyl groups excluding tert-OH is 2. The number of hydrogen-bond donors (Lipinski definition) is 10. The molecule has 0 saturated carbocycles. The number of rotatable bonds is 36. The number of nitrogens with zero attached hydrogens (tertiary/aromatic N) is 1. The van der Waals surface area contributed by atoms with Crippen molar-refractivity contribution in [3.05, 3.63) is 0 Å². The number of nitrogens with two attached hydrogens (primary N) is 2. The van der Waals surface area contributed by atoms with E-state index in [1.54, 1.807) is 0 Å². The predicted molar refractivity (Wildman–Crippen MR) is 220 cm³/mol. The van der Waals surface area contributed by atoms with E-state index >= 15 is 0 Å². The van der Waals surface area contributed by atoms with E-state index in [2.05, 4.69) is 31.9 Å². The van der Waals surface area contributed by atoms with Gasteiger partial charge >= 0.3 is 0 Å². The third kappa shape index (κ3) is 24.3. The van der Waals surface area contributed by atoms with E-state index in [4.69, 9.17) is 35.9 Å². The molecule has 8 amide bonds. The van der Waals surface area contributed by atoms with Gasteiger partial charge in [-0.2, -0.15) is 0 Å². The van der Waals surface area contributed by atoms with Gasteiger partial charge in [0.2, 0.25) is 47.3 Å². The van der Waals surface area contributed by atoms with Crippen molar-refractivity contribution in [2.24, 2.45) is 11.5 Å². The Morgan fingerprint density at radius 2 is 1.20 bits per heavy atom. The minimum absolute atomic E-state index is 0.00789. The molecule has 0 aromatic heterocycles. The quantitative estimate of drug-likeness (QED) is 0.0210. The summed E-state index contributed by atoms with van der Waals surface area (Å²) in [5.41, 5.74) is 11.1. The van der Waals surface area contributed by atoms with Crippen LogP contribution >= 0.6 is 11.8 Å². The maximum Gasteiger partial charge on any atom is 0.243 e. The Hall–Kier alpha value is -3.97. The first kappa shape index (κ1) is 54.0. The summed E-state index contributed by atoms with van der Waals surface area (Å²) in [6.45, 7) is 2.74. The average molecular weight is 878 g/mol. The summed E-state index contributed by atoms with van der Waals surface area (Å²) in [5.74, 6) is -3.69. The lowest BCUT2D eigenvalue weighted by Gasteiger charge is -2.20. The Kier molecular flexibility index (Phi) is 30.4. The molecule has 1 saturated heterocycles. The van der Waals surface area contributed by atoms with Gasteiger partial charge < -0.3 is 67.8 Å². The number of carbonyl (C=O) groups is 8. The Morgan fingerprint density at radius 3 is 1.73 bits per heavy atom. The number of unbranched alkanes of at least 4 members (excludes halogenated alkanes) is 2. The van der Waals surface area contributed by atoms with Crippen LogP contribution in [-0.4, -0.2) is 184 Å². The van der Waals surface area contributed by atoms with Crippen LogP contribution in [0.25, 0.3) is 0 Å². The van der Waals surface area contributed by atoms with E-state index in [-0.39, 0.29) is 116 Å². The van der Waals surface area contributed by atoms with Gasteiger partial charge in [-0.15, -0.1) is 11.8 Å². The maximum absolute atomic E-state index is 13.1. The third-order valence-corrected chi connectivity index (χ3v) is 10.0. The monoisotopic (exact) mass is 877 g/mol. The molecule has 0 aliphatic carbocycles. The second-order valence-corrected chi connectivity index (χ2v) is 14.9. The maximum atomic E-state index is 13.1. The molecule has 1 aliphatic heterocycles. The molecule has 344 valence electrons. The zero-order valence-corrected chi connectivity index (χ0v) is 35.5. The van der Waals surface area contributed by atoms with Crippen molar-refractivity contribution in [1.29, 1.82) is 0 Å². The summed E-state index contributed by atoms with van der Waals surface area (Å²) in [5, 5.41) is 32.7. The van der Waals surface area contributed by atoms with E-state index in [0.717, 1.165) is 16.7 Å². The number of nitrogens with one attached hydrogen (secondary N) is 6. The van der Waals surface area contributed by atoms with Crippen molar-refractivity contribution in [2.75, 3.05) is 97.9 Å². The van der Waals surface area contributed by atoms with E-state index < -0.39 is 58.8 Å². The van der Waals surface area contributed by atoms with Gasteiger partial charge in [0.15, 0.2) is 0 Å². The van der Waals surface area contributed by atoms with Crippen molar-refractivity contribution >= 4 is 59.0 Å². The molecule has 4 unspecified atom stereocenters. The average Bonchev–Trinajstić information content (AvgIpc) is 3.49. The van der Waals surface area contributed by atoms with E-state index in [9.17, 15) is 38.4 Å². The van der Waals surface area contributed by atoms with Crippen LogP contribution in [0, 0.1) is 0 Å². The molecule has 60 heavy (non-hydrogen) atoms. The fourth-order valence-electron chi connectivity index (χ4n) is 5.62. The second kappa shape index (κ2) is 33.7. The van der Waals surface area contributed by atoms with Crippen molar-refractivity contribution in [3.8, 4) is 0 Å². The normalized spacial score (nSPS) is 15.2. The van der Waals surface area contributed by atoms with Gasteiger partial charge in [-0.05, 0) is 51.6 Å². The topological polar surface area (TPSA) is 332 Å². The Morgan fingerprint density at radius 1 is 0.683 bits per heavy atom.